The number of carboxylic acids is 1. The highest BCUT2D eigenvalue weighted by Crippen LogP contribution is 1.97. The minimum atomic E-state index is -1.02. The van der Waals surface area contributed by atoms with Gasteiger partial charge in [0.15, 0.2) is 5.76 Å². The largest absolute Gasteiger partial charge is 0.490 e. The van der Waals surface area contributed by atoms with Crippen LogP contribution in [0.3, 0.4) is 0 Å². The van der Waals surface area contributed by atoms with Crippen molar-refractivity contribution in [2.75, 3.05) is 27.7 Å². The summed E-state index contributed by atoms with van der Waals surface area (Å²) in [5, 5.41) is 8.53. The van der Waals surface area contributed by atoms with Gasteiger partial charge in [-0.05, 0) is 26.6 Å². The molecule has 0 aliphatic heterocycles. The number of hydrogen-bond donors (Lipinski definition) is 1. The zero-order valence-corrected chi connectivity index (χ0v) is 7.70. The summed E-state index contributed by atoms with van der Waals surface area (Å²) in [7, 11) is 5.22. The van der Waals surface area contributed by atoms with Crippen molar-refractivity contribution in [1.29, 1.82) is 0 Å². The normalized spacial score (nSPS) is 11.8. The molecule has 0 aromatic rings. The van der Waals surface area contributed by atoms with Crippen molar-refractivity contribution in [3.8, 4) is 0 Å². The lowest BCUT2D eigenvalue weighted by Crippen LogP contribution is -2.12. The molecule has 0 saturated heterocycles. The van der Waals surface area contributed by atoms with Crippen LogP contribution in [-0.2, 0) is 9.53 Å². The molecule has 0 fully saturated rings. The minimum Gasteiger partial charge on any atom is -0.490 e. The number of carbonyl (C=O) groups is 1. The summed E-state index contributed by atoms with van der Waals surface area (Å²) >= 11 is 0. The maximum atomic E-state index is 10.4. The van der Waals surface area contributed by atoms with E-state index in [2.05, 4.69) is 4.74 Å². The molecule has 4 heteroatoms. The van der Waals surface area contributed by atoms with Crippen LogP contribution >= 0.6 is 0 Å². The van der Waals surface area contributed by atoms with E-state index in [1.165, 1.54) is 7.11 Å². The van der Waals surface area contributed by atoms with E-state index in [-0.39, 0.29) is 5.76 Å². The van der Waals surface area contributed by atoms with Gasteiger partial charge in [0.05, 0.1) is 7.11 Å². The van der Waals surface area contributed by atoms with Crippen LogP contribution in [0.15, 0.2) is 11.8 Å². The van der Waals surface area contributed by atoms with Gasteiger partial charge in [0.1, 0.15) is 0 Å². The monoisotopic (exact) mass is 173 g/mol. The van der Waals surface area contributed by atoms with Crippen LogP contribution in [0.2, 0.25) is 0 Å². The highest BCUT2D eigenvalue weighted by Gasteiger charge is 2.04. The van der Waals surface area contributed by atoms with Crippen molar-refractivity contribution in [2.45, 2.75) is 6.42 Å². The molecule has 12 heavy (non-hydrogen) atoms. The lowest BCUT2D eigenvalue weighted by molar-refractivity contribution is -0.136. The molecule has 0 heterocycles. The third kappa shape index (κ3) is 4.73. The predicted octanol–water partition coefficient (Wildman–Crippen LogP) is 0.553. The Bertz CT molecular complexity index is 175. The topological polar surface area (TPSA) is 49.8 Å². The predicted molar refractivity (Wildman–Crippen MR) is 45.9 cm³/mol. The Hall–Kier alpha value is -1.03. The second kappa shape index (κ2) is 5.60. The van der Waals surface area contributed by atoms with E-state index < -0.39 is 5.97 Å². The minimum absolute atomic E-state index is 0.0110. The molecule has 70 valence electrons. The van der Waals surface area contributed by atoms with Gasteiger partial charge in [-0.2, -0.15) is 0 Å². The summed E-state index contributed by atoms with van der Waals surface area (Å²) in [5.41, 5.74) is 0. The van der Waals surface area contributed by atoms with Crippen molar-refractivity contribution in [3.05, 3.63) is 11.8 Å². The maximum Gasteiger partial charge on any atom is 0.370 e. The van der Waals surface area contributed by atoms with E-state index in [0.29, 0.717) is 6.42 Å². The fourth-order valence-corrected chi connectivity index (χ4v) is 0.712. The van der Waals surface area contributed by atoms with Gasteiger partial charge in [-0.3, -0.25) is 0 Å². The molecule has 0 amide bonds. The van der Waals surface area contributed by atoms with Crippen LogP contribution < -0.4 is 0 Å². The van der Waals surface area contributed by atoms with Gasteiger partial charge >= 0.3 is 5.97 Å². The maximum absolute atomic E-state index is 10.4. The molecule has 0 spiro atoms. The van der Waals surface area contributed by atoms with E-state index in [4.69, 9.17) is 5.11 Å². The van der Waals surface area contributed by atoms with Crippen molar-refractivity contribution >= 4 is 5.97 Å². The van der Waals surface area contributed by atoms with Crippen molar-refractivity contribution in [2.24, 2.45) is 0 Å². The number of methoxy groups -OCH3 is 1. The Morgan fingerprint density at radius 1 is 1.58 bits per heavy atom. The smallest absolute Gasteiger partial charge is 0.370 e. The average molecular weight is 173 g/mol. The summed E-state index contributed by atoms with van der Waals surface area (Å²) in [6.07, 6.45) is 2.25. The second-order valence-electron chi connectivity index (χ2n) is 2.67. The lowest BCUT2D eigenvalue weighted by atomic mass is 10.3. The fourth-order valence-electron chi connectivity index (χ4n) is 0.712. The highest BCUT2D eigenvalue weighted by atomic mass is 16.5. The molecule has 0 atom stereocenters. The Labute approximate surface area is 72.4 Å². The first-order valence-corrected chi connectivity index (χ1v) is 3.70. The van der Waals surface area contributed by atoms with Crippen molar-refractivity contribution < 1.29 is 14.6 Å². The summed E-state index contributed by atoms with van der Waals surface area (Å²) in [4.78, 5) is 12.4. The average Bonchev–Trinajstić information content (AvgIpc) is 1.96. The molecule has 0 unspecified atom stereocenters. The van der Waals surface area contributed by atoms with Crippen LogP contribution in [0.1, 0.15) is 6.42 Å². The van der Waals surface area contributed by atoms with Gasteiger partial charge in [-0.15, -0.1) is 0 Å². The first-order chi connectivity index (χ1) is 5.57. The molecule has 0 aliphatic carbocycles. The molecule has 0 aromatic carbocycles. The van der Waals surface area contributed by atoms with Crippen LogP contribution in [0.4, 0.5) is 0 Å². The number of rotatable bonds is 5. The van der Waals surface area contributed by atoms with E-state index in [9.17, 15) is 4.79 Å². The van der Waals surface area contributed by atoms with Crippen LogP contribution in [0.25, 0.3) is 0 Å². The molecule has 0 bridgehead atoms. The third-order valence-electron chi connectivity index (χ3n) is 1.34. The molecule has 0 saturated carbocycles. The number of aliphatic carboxylic acids is 1. The lowest BCUT2D eigenvalue weighted by Gasteiger charge is -2.06. The van der Waals surface area contributed by atoms with E-state index in [0.717, 1.165) is 6.54 Å². The first kappa shape index (κ1) is 11.0. The van der Waals surface area contributed by atoms with Crippen molar-refractivity contribution in [3.63, 3.8) is 0 Å². The van der Waals surface area contributed by atoms with Gasteiger partial charge in [-0.25, -0.2) is 4.79 Å². The number of carboxylic acid groups (broad SMARTS) is 1. The Kier molecular flexibility index (Phi) is 5.12. The third-order valence-corrected chi connectivity index (χ3v) is 1.34. The van der Waals surface area contributed by atoms with Gasteiger partial charge in [0.25, 0.3) is 0 Å². The van der Waals surface area contributed by atoms with Crippen LogP contribution in [0, 0.1) is 0 Å². The van der Waals surface area contributed by atoms with Gasteiger partial charge in [0.2, 0.25) is 0 Å². The molecule has 0 radical (unpaired) electrons. The zero-order valence-electron chi connectivity index (χ0n) is 7.70. The van der Waals surface area contributed by atoms with E-state index >= 15 is 0 Å². The second-order valence-corrected chi connectivity index (χ2v) is 2.67. The standard InChI is InChI=1S/C8H15NO3/c1-9(2)6-4-5-7(12-3)8(10)11/h5H,4,6H2,1-3H3,(H,10,11). The molecular formula is C8H15NO3. The molecule has 1 N–H and O–H groups in total. The number of hydrogen-bond acceptors (Lipinski definition) is 3. The van der Waals surface area contributed by atoms with E-state index in [1.807, 2.05) is 19.0 Å². The van der Waals surface area contributed by atoms with E-state index in [1.54, 1.807) is 6.08 Å². The van der Waals surface area contributed by atoms with Gasteiger partial charge in [-0.1, -0.05) is 0 Å². The quantitative estimate of drug-likeness (QED) is 0.487. The summed E-state index contributed by atoms with van der Waals surface area (Å²) in [5.74, 6) is -1.01. The zero-order chi connectivity index (χ0) is 9.56. The summed E-state index contributed by atoms with van der Waals surface area (Å²) in [6.45, 7) is 0.820. The molecule has 0 aliphatic rings. The fraction of sp³-hybridized carbons (Fsp3) is 0.625. The van der Waals surface area contributed by atoms with Gasteiger partial charge in [0, 0.05) is 6.54 Å². The Morgan fingerprint density at radius 2 is 2.17 bits per heavy atom. The summed E-state index contributed by atoms with van der Waals surface area (Å²) < 4.78 is 4.64. The van der Waals surface area contributed by atoms with Crippen LogP contribution in [-0.4, -0.2) is 43.7 Å². The summed E-state index contributed by atoms with van der Waals surface area (Å²) in [6, 6.07) is 0. The number of nitrogens with zero attached hydrogens (tertiary/aromatic N) is 1. The Balaban J connectivity index is 3.87. The Morgan fingerprint density at radius 3 is 2.50 bits per heavy atom. The van der Waals surface area contributed by atoms with Crippen LogP contribution in [0.5, 0.6) is 0 Å². The van der Waals surface area contributed by atoms with Crippen molar-refractivity contribution in [1.82, 2.24) is 4.90 Å². The van der Waals surface area contributed by atoms with Gasteiger partial charge < -0.3 is 14.7 Å². The molecule has 0 aromatic heterocycles. The molecule has 4 nitrogen and oxygen atoms in total. The highest BCUT2D eigenvalue weighted by molar-refractivity contribution is 5.84. The SMILES string of the molecule is COC(=CCCN(C)C)C(=O)O. The first-order valence-electron chi connectivity index (χ1n) is 3.70. The number of ether oxygens (including phenoxy) is 1. The molecule has 0 rings (SSSR count). The molecular weight excluding hydrogens is 158 g/mol.